The molecule has 0 aliphatic rings. The van der Waals surface area contributed by atoms with E-state index in [1.165, 1.54) is 0 Å². The SMILES string of the molecule is Cc1cc(NC(=O)CCC(=O)c2cc(C)sc2C)n(C)n1. The minimum Gasteiger partial charge on any atom is -0.311 e. The molecule has 0 aliphatic heterocycles. The Kier molecular flexibility index (Phi) is 4.57. The molecule has 0 saturated heterocycles. The predicted molar refractivity (Wildman–Crippen MR) is 83.9 cm³/mol. The summed E-state index contributed by atoms with van der Waals surface area (Å²) in [6.07, 6.45) is 0.400. The topological polar surface area (TPSA) is 64.0 Å². The molecule has 5 nitrogen and oxygen atoms in total. The van der Waals surface area contributed by atoms with Crippen molar-refractivity contribution >= 4 is 28.8 Å². The van der Waals surface area contributed by atoms with Gasteiger partial charge in [-0.1, -0.05) is 0 Å². The Morgan fingerprint density at radius 2 is 1.95 bits per heavy atom. The third kappa shape index (κ3) is 3.78. The van der Waals surface area contributed by atoms with E-state index in [4.69, 9.17) is 0 Å². The fourth-order valence-corrected chi connectivity index (χ4v) is 3.14. The second-order valence-corrected chi connectivity index (χ2v) is 6.55. The molecule has 0 fully saturated rings. The van der Waals surface area contributed by atoms with E-state index < -0.39 is 0 Å². The van der Waals surface area contributed by atoms with Gasteiger partial charge < -0.3 is 5.32 Å². The molecule has 2 aromatic rings. The number of anilines is 1. The van der Waals surface area contributed by atoms with Crippen LogP contribution in [0.3, 0.4) is 0 Å². The van der Waals surface area contributed by atoms with E-state index in [1.54, 1.807) is 29.1 Å². The maximum Gasteiger partial charge on any atom is 0.225 e. The van der Waals surface area contributed by atoms with Crippen molar-refractivity contribution in [3.63, 3.8) is 0 Å². The second-order valence-electron chi connectivity index (χ2n) is 5.09. The van der Waals surface area contributed by atoms with Crippen LogP contribution in [-0.4, -0.2) is 21.5 Å². The first-order valence-corrected chi connectivity index (χ1v) is 7.59. The molecule has 2 heterocycles. The number of ketones is 1. The molecule has 6 heteroatoms. The third-order valence-corrected chi connectivity index (χ3v) is 4.16. The molecule has 1 amide bonds. The van der Waals surface area contributed by atoms with Crippen LogP contribution in [-0.2, 0) is 11.8 Å². The lowest BCUT2D eigenvalue weighted by molar-refractivity contribution is -0.116. The van der Waals surface area contributed by atoms with Crippen molar-refractivity contribution in [2.75, 3.05) is 5.32 Å². The van der Waals surface area contributed by atoms with E-state index in [1.807, 2.05) is 26.8 Å². The highest BCUT2D eigenvalue weighted by molar-refractivity contribution is 7.12. The number of nitrogens with zero attached hydrogens (tertiary/aromatic N) is 2. The van der Waals surface area contributed by atoms with Crippen molar-refractivity contribution in [3.8, 4) is 0 Å². The first kappa shape index (κ1) is 15.4. The lowest BCUT2D eigenvalue weighted by atomic mass is 10.1. The summed E-state index contributed by atoms with van der Waals surface area (Å²) >= 11 is 1.61. The number of thiophene rings is 1. The van der Waals surface area contributed by atoms with E-state index >= 15 is 0 Å². The Balaban J connectivity index is 1.91. The van der Waals surface area contributed by atoms with Gasteiger partial charge in [-0.2, -0.15) is 5.10 Å². The molecule has 0 unspecified atom stereocenters. The van der Waals surface area contributed by atoms with Gasteiger partial charge in [-0.25, -0.2) is 0 Å². The van der Waals surface area contributed by atoms with E-state index in [2.05, 4.69) is 10.4 Å². The molecule has 0 spiro atoms. The lowest BCUT2D eigenvalue weighted by Gasteiger charge is -2.04. The van der Waals surface area contributed by atoms with Crippen LogP contribution in [0.4, 0.5) is 5.82 Å². The molecule has 2 aromatic heterocycles. The summed E-state index contributed by atoms with van der Waals surface area (Å²) in [6.45, 7) is 5.77. The summed E-state index contributed by atoms with van der Waals surface area (Å²) in [5.74, 6) is 0.497. The standard InChI is InChI=1S/C15H19N3O2S/c1-9-7-14(18(4)17-9)16-15(20)6-5-13(19)12-8-10(2)21-11(12)3/h7-8H,5-6H2,1-4H3,(H,16,20). The van der Waals surface area contributed by atoms with Gasteiger partial charge in [-0.3, -0.25) is 14.3 Å². The molecule has 1 N–H and O–H groups in total. The summed E-state index contributed by atoms with van der Waals surface area (Å²) in [5, 5.41) is 6.93. The van der Waals surface area contributed by atoms with E-state index in [0.717, 1.165) is 21.0 Å². The van der Waals surface area contributed by atoms with Crippen molar-refractivity contribution < 1.29 is 9.59 Å². The van der Waals surface area contributed by atoms with Crippen molar-refractivity contribution in [2.45, 2.75) is 33.6 Å². The number of aromatic nitrogens is 2. The molecule has 0 radical (unpaired) electrons. The van der Waals surface area contributed by atoms with E-state index in [9.17, 15) is 9.59 Å². The van der Waals surface area contributed by atoms with Crippen LogP contribution in [0.15, 0.2) is 12.1 Å². The fraction of sp³-hybridized carbons (Fsp3) is 0.400. The molecule has 0 bridgehead atoms. The van der Waals surface area contributed by atoms with Gasteiger partial charge in [-0.05, 0) is 26.8 Å². The molecule has 0 atom stereocenters. The number of aryl methyl sites for hydroxylation is 4. The van der Waals surface area contributed by atoms with Gasteiger partial charge in [-0.15, -0.1) is 11.3 Å². The number of hydrogen-bond donors (Lipinski definition) is 1. The predicted octanol–water partition coefficient (Wildman–Crippen LogP) is 3.01. The molecule has 0 saturated carbocycles. The Bertz CT molecular complexity index is 685. The Morgan fingerprint density at radius 3 is 2.48 bits per heavy atom. The smallest absolute Gasteiger partial charge is 0.225 e. The Labute approximate surface area is 128 Å². The van der Waals surface area contributed by atoms with Crippen LogP contribution in [0.25, 0.3) is 0 Å². The highest BCUT2D eigenvalue weighted by Crippen LogP contribution is 2.22. The van der Waals surface area contributed by atoms with Crippen LogP contribution in [0.5, 0.6) is 0 Å². The number of hydrogen-bond acceptors (Lipinski definition) is 4. The normalized spacial score (nSPS) is 10.7. The van der Waals surface area contributed by atoms with Crippen LogP contribution >= 0.6 is 11.3 Å². The van der Waals surface area contributed by atoms with Gasteiger partial charge in [0.05, 0.1) is 5.69 Å². The summed E-state index contributed by atoms with van der Waals surface area (Å²) in [5.41, 5.74) is 1.58. The Morgan fingerprint density at radius 1 is 1.24 bits per heavy atom. The van der Waals surface area contributed by atoms with Gasteiger partial charge >= 0.3 is 0 Å². The highest BCUT2D eigenvalue weighted by Gasteiger charge is 2.14. The molecule has 21 heavy (non-hydrogen) atoms. The zero-order valence-corrected chi connectivity index (χ0v) is 13.5. The number of carbonyl (C=O) groups excluding carboxylic acids is 2. The highest BCUT2D eigenvalue weighted by atomic mass is 32.1. The van der Waals surface area contributed by atoms with Gasteiger partial charge in [0, 0.05) is 41.3 Å². The average Bonchev–Trinajstić information content (AvgIpc) is 2.89. The molecule has 112 valence electrons. The van der Waals surface area contributed by atoms with Crippen LogP contribution in [0.2, 0.25) is 0 Å². The van der Waals surface area contributed by atoms with Crippen LogP contribution in [0, 0.1) is 20.8 Å². The zero-order valence-electron chi connectivity index (χ0n) is 12.7. The summed E-state index contributed by atoms with van der Waals surface area (Å²) < 4.78 is 1.61. The molecular weight excluding hydrogens is 286 g/mol. The van der Waals surface area contributed by atoms with Crippen molar-refractivity contribution in [1.82, 2.24) is 9.78 Å². The number of carbonyl (C=O) groups is 2. The first-order chi connectivity index (χ1) is 9.86. The molecule has 2 rings (SSSR count). The molecular formula is C15H19N3O2S. The maximum atomic E-state index is 12.1. The summed E-state index contributed by atoms with van der Waals surface area (Å²) in [6, 6.07) is 3.69. The third-order valence-electron chi connectivity index (χ3n) is 3.19. The van der Waals surface area contributed by atoms with Gasteiger partial charge in [0.2, 0.25) is 5.91 Å². The minimum atomic E-state index is -0.170. The average molecular weight is 305 g/mol. The van der Waals surface area contributed by atoms with Crippen molar-refractivity contribution in [2.24, 2.45) is 7.05 Å². The fourth-order valence-electron chi connectivity index (χ4n) is 2.20. The quantitative estimate of drug-likeness (QED) is 0.864. The summed E-state index contributed by atoms with van der Waals surface area (Å²) in [4.78, 5) is 26.1. The monoisotopic (exact) mass is 305 g/mol. The number of amides is 1. The Hall–Kier alpha value is -1.95. The van der Waals surface area contributed by atoms with Gasteiger partial charge in [0.1, 0.15) is 5.82 Å². The minimum absolute atomic E-state index is 0.0215. The first-order valence-electron chi connectivity index (χ1n) is 6.77. The van der Waals surface area contributed by atoms with Crippen LogP contribution in [0.1, 0.15) is 38.6 Å². The molecule has 0 aliphatic carbocycles. The van der Waals surface area contributed by atoms with Crippen molar-refractivity contribution in [3.05, 3.63) is 33.1 Å². The van der Waals surface area contributed by atoms with Gasteiger partial charge in [0.25, 0.3) is 0 Å². The largest absolute Gasteiger partial charge is 0.311 e. The van der Waals surface area contributed by atoms with Crippen molar-refractivity contribution in [1.29, 1.82) is 0 Å². The summed E-state index contributed by atoms with van der Waals surface area (Å²) in [7, 11) is 1.77. The van der Waals surface area contributed by atoms with E-state index in [0.29, 0.717) is 5.82 Å². The maximum absolute atomic E-state index is 12.1. The lowest BCUT2D eigenvalue weighted by Crippen LogP contribution is -2.15. The second kappa shape index (κ2) is 6.22. The van der Waals surface area contributed by atoms with E-state index in [-0.39, 0.29) is 24.5 Å². The number of nitrogens with one attached hydrogen (secondary N) is 1. The molecule has 0 aromatic carbocycles. The van der Waals surface area contributed by atoms with Crippen LogP contribution < -0.4 is 5.32 Å². The van der Waals surface area contributed by atoms with Gasteiger partial charge in [0.15, 0.2) is 5.78 Å². The zero-order chi connectivity index (χ0) is 15.6. The number of Topliss-reactive ketones (excluding diaryl/α,β-unsaturated/α-hetero) is 1. The number of rotatable bonds is 5.